The van der Waals surface area contributed by atoms with Gasteiger partial charge in [0.25, 0.3) is 0 Å². The molecule has 0 atom stereocenters. The first-order valence-corrected chi connectivity index (χ1v) is 14.6. The molecule has 4 aromatic rings. The van der Waals surface area contributed by atoms with Crippen LogP contribution in [-0.2, 0) is 36.7 Å². The molecule has 2 aliphatic carbocycles. The van der Waals surface area contributed by atoms with E-state index in [2.05, 4.69) is 121 Å². The van der Waals surface area contributed by atoms with E-state index in [0.717, 1.165) is 25.7 Å². The van der Waals surface area contributed by atoms with Gasteiger partial charge in [-0.25, -0.2) is 0 Å². The molecule has 0 nitrogen and oxygen atoms in total. The zero-order valence-corrected chi connectivity index (χ0v) is 23.2. The molecular weight excluding hydrogens is 515 g/mol. The van der Waals surface area contributed by atoms with Crippen molar-refractivity contribution in [2.75, 3.05) is 0 Å². The van der Waals surface area contributed by atoms with Gasteiger partial charge in [-0.15, -0.1) is 0 Å². The third kappa shape index (κ3) is 5.43. The van der Waals surface area contributed by atoms with Gasteiger partial charge in [-0.05, 0) is 0 Å². The average Bonchev–Trinajstić information content (AvgIpc) is 3.54. The van der Waals surface area contributed by atoms with Crippen molar-refractivity contribution >= 4 is 7.68 Å². The fourth-order valence-electron chi connectivity index (χ4n) is 5.54. The van der Waals surface area contributed by atoms with Crippen LogP contribution in [0.15, 0.2) is 125 Å². The van der Waals surface area contributed by atoms with E-state index in [1.165, 1.54) is 27.8 Å². The molecule has 4 aromatic carbocycles. The summed E-state index contributed by atoms with van der Waals surface area (Å²) in [5.74, 6) is 0. The fraction of sp³-hybridized carbons (Fsp3) is 0.121. The molecule has 0 heterocycles. The van der Waals surface area contributed by atoms with E-state index in [0.29, 0.717) is 0 Å². The summed E-state index contributed by atoms with van der Waals surface area (Å²) in [5.41, 5.74) is 8.83. The molecule has 0 N–H and O–H groups in total. The third-order valence-corrected chi connectivity index (χ3v) is 11.9. The predicted molar refractivity (Wildman–Crippen MR) is 141 cm³/mol. The molecule has 0 bridgehead atoms. The van der Waals surface area contributed by atoms with Crippen LogP contribution in [-0.4, -0.2) is 3.81 Å². The van der Waals surface area contributed by atoms with Crippen LogP contribution in [0.2, 0.25) is 0 Å². The standard InChI is InChI=1S/C15H14.C13H9.C5H5.2ClH.Ti/c1-3-8-14(9-4-1)12-7-13-15-10-5-2-6-11-15;1-3-7-12-10(5-1)9-11-6-2-4-8-13(11)12;1-2-4-5-3-1;;;/h1-6,8-11H,12-13H2;1-5,7-8H,9H2;1-3H,4H2;2*1H;/q;;;;;+2/p-2. The Hall–Kier alpha value is -2.48. The molecule has 0 spiro atoms. The van der Waals surface area contributed by atoms with Gasteiger partial charge >= 0.3 is 209 Å². The Bertz CT molecular complexity index is 1390. The summed E-state index contributed by atoms with van der Waals surface area (Å²) < 4.78 is 5.09. The molecule has 36 heavy (non-hydrogen) atoms. The van der Waals surface area contributed by atoms with Crippen molar-refractivity contribution in [2.45, 2.75) is 25.7 Å². The maximum Gasteiger partial charge on any atom is -1.00 e. The molecule has 0 radical (unpaired) electrons. The molecule has 0 fully saturated rings. The van der Waals surface area contributed by atoms with Gasteiger partial charge in [0, 0.05) is 0 Å². The number of halogens is 2. The van der Waals surface area contributed by atoms with Crippen molar-refractivity contribution in [1.82, 2.24) is 0 Å². The number of benzene rings is 4. The Morgan fingerprint density at radius 1 is 0.639 bits per heavy atom. The van der Waals surface area contributed by atoms with Crippen LogP contribution in [0.25, 0.3) is 11.1 Å². The van der Waals surface area contributed by atoms with Crippen LogP contribution in [0.4, 0.5) is 0 Å². The van der Waals surface area contributed by atoms with Gasteiger partial charge in [0.2, 0.25) is 0 Å². The summed E-state index contributed by atoms with van der Waals surface area (Å²) in [6, 6.07) is 38.3. The van der Waals surface area contributed by atoms with Crippen LogP contribution < -0.4 is 28.7 Å². The maximum absolute atomic E-state index is 2.47. The van der Waals surface area contributed by atoms with Crippen LogP contribution in [0, 0.1) is 0 Å². The van der Waals surface area contributed by atoms with Crippen molar-refractivity contribution in [1.29, 1.82) is 0 Å². The van der Waals surface area contributed by atoms with Gasteiger partial charge in [-0.3, -0.25) is 0 Å². The van der Waals surface area contributed by atoms with Crippen molar-refractivity contribution in [3.05, 3.63) is 147 Å². The van der Waals surface area contributed by atoms with E-state index in [-0.39, 0.29) is 24.8 Å². The first-order chi connectivity index (χ1) is 16.9. The molecule has 0 unspecified atom stereocenters. The Morgan fingerprint density at radius 3 is 1.89 bits per heavy atom. The topological polar surface area (TPSA) is 0 Å². The van der Waals surface area contributed by atoms with Gasteiger partial charge in [-0.1, -0.05) is 0 Å². The summed E-state index contributed by atoms with van der Waals surface area (Å²) in [5, 5.41) is 0. The molecule has 0 aromatic heterocycles. The Labute approximate surface area is 233 Å². The molecule has 2 aliphatic rings. The van der Waals surface area contributed by atoms with Crippen molar-refractivity contribution in [2.24, 2.45) is 0 Å². The Balaban J connectivity index is 0.00000152. The number of hydrogen-bond acceptors (Lipinski definition) is 0. The normalized spacial score (nSPS) is 12.4. The molecular formula is C33H28Cl2Ti. The van der Waals surface area contributed by atoms with Gasteiger partial charge in [0.05, 0.1) is 0 Å². The Kier molecular flexibility index (Phi) is 8.99. The maximum atomic E-state index is 2.47. The second kappa shape index (κ2) is 12.2. The van der Waals surface area contributed by atoms with E-state index >= 15 is 0 Å². The minimum Gasteiger partial charge on any atom is -1.00 e. The van der Waals surface area contributed by atoms with Crippen molar-refractivity contribution in [3.63, 3.8) is 0 Å². The van der Waals surface area contributed by atoms with Crippen LogP contribution in [0.5, 0.6) is 0 Å². The summed E-state index contributed by atoms with van der Waals surface area (Å²) in [6.45, 7) is 0. The summed E-state index contributed by atoms with van der Waals surface area (Å²) in [7, 11) is 0. The second-order valence-electron chi connectivity index (χ2n) is 9.29. The summed E-state index contributed by atoms with van der Waals surface area (Å²) >= 11 is -1.94. The van der Waals surface area contributed by atoms with Gasteiger partial charge in [0.15, 0.2) is 0 Å². The number of fused-ring (bicyclic) bond motifs is 3. The number of allylic oxidation sites excluding steroid dienone is 4. The quantitative estimate of drug-likeness (QED) is 0.281. The van der Waals surface area contributed by atoms with Gasteiger partial charge in [-0.2, -0.15) is 0 Å². The van der Waals surface area contributed by atoms with E-state index in [1.54, 1.807) is 17.1 Å². The van der Waals surface area contributed by atoms with Crippen LogP contribution in [0.1, 0.15) is 28.7 Å². The molecule has 0 amide bonds. The average molecular weight is 543 g/mol. The fourth-order valence-corrected chi connectivity index (χ4v) is 10.7. The van der Waals surface area contributed by atoms with E-state index in [4.69, 9.17) is 0 Å². The van der Waals surface area contributed by atoms with E-state index < -0.39 is 17.4 Å². The van der Waals surface area contributed by atoms with Crippen LogP contribution in [0.3, 0.4) is 0 Å². The SMILES string of the molecule is C1=CC[C]([Ti+2](=[C](Cc2ccccc2)Cc2ccccc2)[c]2cccc3c2Cc2ccccc2-3)=C1.[Cl-].[Cl-]. The molecule has 0 saturated heterocycles. The summed E-state index contributed by atoms with van der Waals surface area (Å²) in [4.78, 5) is 0. The predicted octanol–water partition coefficient (Wildman–Crippen LogP) is 1.01. The van der Waals surface area contributed by atoms with Crippen LogP contribution >= 0.6 is 0 Å². The number of hydrogen-bond donors (Lipinski definition) is 0. The largest absolute Gasteiger partial charge is 1.00 e. The zero-order valence-electron chi connectivity index (χ0n) is 20.1. The van der Waals surface area contributed by atoms with Gasteiger partial charge < -0.3 is 24.8 Å². The molecule has 0 aliphatic heterocycles. The van der Waals surface area contributed by atoms with Crippen molar-refractivity contribution < 1.29 is 42.2 Å². The summed E-state index contributed by atoms with van der Waals surface area (Å²) in [6.07, 6.45) is 11.4. The van der Waals surface area contributed by atoms with Gasteiger partial charge in [0.1, 0.15) is 0 Å². The monoisotopic (exact) mass is 542 g/mol. The van der Waals surface area contributed by atoms with E-state index in [1.807, 2.05) is 0 Å². The first-order valence-electron chi connectivity index (χ1n) is 12.2. The zero-order chi connectivity index (χ0) is 22.7. The number of rotatable bonds is 6. The molecule has 0 saturated carbocycles. The van der Waals surface area contributed by atoms with Crippen molar-refractivity contribution in [3.8, 4) is 11.1 Å². The second-order valence-corrected chi connectivity index (χ2v) is 13.4. The Morgan fingerprint density at radius 2 is 1.25 bits per heavy atom. The molecule has 6 rings (SSSR count). The smallest absolute Gasteiger partial charge is 1.00 e. The minimum absolute atomic E-state index is 0. The van der Waals surface area contributed by atoms with E-state index in [9.17, 15) is 0 Å². The molecule has 3 heteroatoms. The first kappa shape index (κ1) is 26.6. The minimum atomic E-state index is -1.94. The molecule has 178 valence electrons. The third-order valence-electron chi connectivity index (χ3n) is 7.09.